The smallest absolute Gasteiger partial charge is 0.272 e. The highest BCUT2D eigenvalue weighted by Crippen LogP contribution is 2.27. The van der Waals surface area contributed by atoms with Crippen molar-refractivity contribution >= 4 is 46.9 Å². The summed E-state index contributed by atoms with van der Waals surface area (Å²) in [6, 6.07) is 29.1. The minimum Gasteiger partial charge on any atom is -0.493 e. The van der Waals surface area contributed by atoms with Crippen LogP contribution in [0.5, 0.6) is 5.75 Å². The minimum absolute atomic E-state index is 0.0658. The van der Waals surface area contributed by atoms with Gasteiger partial charge in [-0.3, -0.25) is 14.4 Å². The largest absolute Gasteiger partial charge is 0.493 e. The van der Waals surface area contributed by atoms with E-state index in [2.05, 4.69) is 16.0 Å². The van der Waals surface area contributed by atoms with E-state index >= 15 is 0 Å². The minimum atomic E-state index is -0.489. The van der Waals surface area contributed by atoms with E-state index in [4.69, 9.17) is 4.74 Å². The number of hydrogen-bond donors (Lipinski definition) is 3. The Morgan fingerprint density at radius 2 is 1.49 bits per heavy atom. The average Bonchev–Trinajstić information content (AvgIpc) is 3.01. The Morgan fingerprint density at radius 1 is 0.814 bits per heavy atom. The average molecular weight is 594 g/mol. The summed E-state index contributed by atoms with van der Waals surface area (Å²) in [5.41, 5.74) is 4.75. The number of para-hydroxylation sites is 1. The highest BCUT2D eigenvalue weighted by molar-refractivity contribution is 8.00. The molecule has 1 atom stereocenters. The van der Waals surface area contributed by atoms with Crippen LogP contribution in [0.1, 0.15) is 40.9 Å². The predicted molar refractivity (Wildman–Crippen MR) is 174 cm³/mol. The van der Waals surface area contributed by atoms with Crippen LogP contribution in [0.2, 0.25) is 0 Å². The first-order chi connectivity index (χ1) is 20.7. The van der Waals surface area contributed by atoms with Crippen LogP contribution in [0.25, 0.3) is 6.08 Å². The van der Waals surface area contributed by atoms with Crippen LogP contribution < -0.4 is 20.7 Å². The first-order valence-corrected chi connectivity index (χ1v) is 14.9. The Bertz CT molecular complexity index is 1620. The van der Waals surface area contributed by atoms with E-state index in [0.717, 1.165) is 16.1 Å². The molecule has 4 aromatic rings. The second kappa shape index (κ2) is 14.9. The van der Waals surface area contributed by atoms with E-state index in [1.165, 1.54) is 17.3 Å². The number of carbonyl (C=O) groups is 3. The van der Waals surface area contributed by atoms with E-state index in [-0.39, 0.29) is 16.9 Å². The van der Waals surface area contributed by atoms with E-state index < -0.39 is 11.8 Å². The second-order valence-corrected chi connectivity index (χ2v) is 11.3. The van der Waals surface area contributed by atoms with Gasteiger partial charge >= 0.3 is 0 Å². The highest BCUT2D eigenvalue weighted by Gasteiger charge is 2.18. The molecule has 0 spiro atoms. The summed E-state index contributed by atoms with van der Waals surface area (Å²) in [5, 5.41) is 8.25. The molecule has 0 aliphatic carbocycles. The van der Waals surface area contributed by atoms with Gasteiger partial charge in [-0.15, -0.1) is 11.8 Å². The molecule has 0 saturated heterocycles. The zero-order valence-corrected chi connectivity index (χ0v) is 25.5. The molecule has 3 amide bonds. The molecule has 43 heavy (non-hydrogen) atoms. The molecule has 0 fully saturated rings. The van der Waals surface area contributed by atoms with Crippen molar-refractivity contribution in [1.29, 1.82) is 0 Å². The molecule has 0 aromatic heterocycles. The molecule has 220 valence electrons. The number of aryl methyl sites for hydroxylation is 2. The zero-order chi connectivity index (χ0) is 30.8. The summed E-state index contributed by atoms with van der Waals surface area (Å²) in [7, 11) is 0. The van der Waals surface area contributed by atoms with Crippen LogP contribution in [0.4, 0.5) is 11.4 Å². The Balaban J connectivity index is 1.46. The number of anilines is 2. The standard InChI is InChI=1S/C35H35N3O4S/c1-5-42-32-14-10-9-13-27(32)22-31(38-34(40)26-11-7-6-8-12-26)35(41)36-28-17-19-30(20-18-28)43-25(4)33(39)37-29-16-15-23(2)24(3)21-29/h6-22,25H,5H2,1-4H3,(H,36,41)(H,37,39)(H,38,40)/b31-22-. The molecule has 0 aliphatic rings. The number of benzene rings is 4. The number of ether oxygens (including phenoxy) is 1. The van der Waals surface area contributed by atoms with Crippen molar-refractivity contribution in [2.45, 2.75) is 37.8 Å². The lowest BCUT2D eigenvalue weighted by molar-refractivity contribution is -0.115. The number of amides is 3. The van der Waals surface area contributed by atoms with Gasteiger partial charge in [-0.1, -0.05) is 42.5 Å². The molecule has 0 aliphatic heterocycles. The lowest BCUT2D eigenvalue weighted by atomic mass is 10.1. The van der Waals surface area contributed by atoms with Crippen LogP contribution in [-0.2, 0) is 9.59 Å². The molecule has 0 saturated carbocycles. The number of hydrogen-bond acceptors (Lipinski definition) is 5. The maximum atomic E-state index is 13.4. The van der Waals surface area contributed by atoms with Gasteiger partial charge < -0.3 is 20.7 Å². The van der Waals surface area contributed by atoms with Crippen LogP contribution in [-0.4, -0.2) is 29.6 Å². The van der Waals surface area contributed by atoms with Crippen molar-refractivity contribution in [3.8, 4) is 5.75 Å². The Hall–Kier alpha value is -4.82. The van der Waals surface area contributed by atoms with Crippen molar-refractivity contribution in [3.05, 3.63) is 125 Å². The Morgan fingerprint density at radius 3 is 2.19 bits per heavy atom. The van der Waals surface area contributed by atoms with Crippen molar-refractivity contribution < 1.29 is 19.1 Å². The van der Waals surface area contributed by atoms with Crippen molar-refractivity contribution in [1.82, 2.24) is 5.32 Å². The first-order valence-electron chi connectivity index (χ1n) is 14.0. The van der Waals surface area contributed by atoms with Gasteiger partial charge in [-0.05, 0) is 99.5 Å². The van der Waals surface area contributed by atoms with Crippen LogP contribution in [0, 0.1) is 13.8 Å². The van der Waals surface area contributed by atoms with Crippen LogP contribution >= 0.6 is 11.8 Å². The zero-order valence-electron chi connectivity index (χ0n) is 24.6. The van der Waals surface area contributed by atoms with Gasteiger partial charge in [0.15, 0.2) is 0 Å². The third-order valence-electron chi connectivity index (χ3n) is 6.62. The summed E-state index contributed by atoms with van der Waals surface area (Å²) in [6.07, 6.45) is 1.60. The van der Waals surface area contributed by atoms with Gasteiger partial charge in [0.05, 0.1) is 11.9 Å². The van der Waals surface area contributed by atoms with Crippen molar-refractivity contribution in [3.63, 3.8) is 0 Å². The summed E-state index contributed by atoms with van der Waals surface area (Å²) in [6.45, 7) is 8.23. The summed E-state index contributed by atoms with van der Waals surface area (Å²) < 4.78 is 5.71. The molecule has 4 rings (SSSR count). The van der Waals surface area contributed by atoms with Gasteiger partial charge in [0.2, 0.25) is 5.91 Å². The number of nitrogens with one attached hydrogen (secondary N) is 3. The normalized spacial score (nSPS) is 11.8. The van der Waals surface area contributed by atoms with E-state index in [9.17, 15) is 14.4 Å². The van der Waals surface area contributed by atoms with Crippen molar-refractivity contribution in [2.24, 2.45) is 0 Å². The first kappa shape index (κ1) is 31.1. The maximum Gasteiger partial charge on any atom is 0.272 e. The van der Waals surface area contributed by atoms with Gasteiger partial charge in [-0.25, -0.2) is 0 Å². The second-order valence-electron chi connectivity index (χ2n) is 9.88. The molecule has 8 heteroatoms. The fourth-order valence-electron chi connectivity index (χ4n) is 4.12. The van der Waals surface area contributed by atoms with Gasteiger partial charge in [-0.2, -0.15) is 0 Å². The molecule has 0 radical (unpaired) electrons. The number of thioether (sulfide) groups is 1. The third kappa shape index (κ3) is 8.83. The monoisotopic (exact) mass is 593 g/mol. The third-order valence-corrected chi connectivity index (χ3v) is 7.73. The summed E-state index contributed by atoms with van der Waals surface area (Å²) in [5.74, 6) is -0.393. The lowest BCUT2D eigenvalue weighted by Crippen LogP contribution is -2.30. The Kier molecular flexibility index (Phi) is 10.8. The fraction of sp³-hybridized carbons (Fsp3) is 0.171. The fourth-order valence-corrected chi connectivity index (χ4v) is 4.99. The van der Waals surface area contributed by atoms with E-state index in [1.807, 2.05) is 88.4 Å². The molecular weight excluding hydrogens is 558 g/mol. The molecule has 0 bridgehead atoms. The summed E-state index contributed by atoms with van der Waals surface area (Å²) in [4.78, 5) is 40.0. The SMILES string of the molecule is CCOc1ccccc1/C=C(\NC(=O)c1ccccc1)C(=O)Nc1ccc(SC(C)C(=O)Nc2ccc(C)c(C)c2)cc1. The Labute approximate surface area is 256 Å². The van der Waals surface area contributed by atoms with Gasteiger partial charge in [0.1, 0.15) is 11.4 Å². The molecule has 7 nitrogen and oxygen atoms in total. The summed E-state index contributed by atoms with van der Waals surface area (Å²) >= 11 is 1.42. The molecule has 1 unspecified atom stereocenters. The maximum absolute atomic E-state index is 13.4. The molecule has 0 heterocycles. The quantitative estimate of drug-likeness (QED) is 0.126. The number of carbonyl (C=O) groups excluding carboxylic acids is 3. The van der Waals surface area contributed by atoms with Crippen molar-refractivity contribution in [2.75, 3.05) is 17.2 Å². The predicted octanol–water partition coefficient (Wildman–Crippen LogP) is 7.23. The lowest BCUT2D eigenvalue weighted by Gasteiger charge is -2.14. The van der Waals surface area contributed by atoms with Gasteiger partial charge in [0.25, 0.3) is 11.8 Å². The van der Waals surface area contributed by atoms with E-state index in [0.29, 0.717) is 29.2 Å². The number of rotatable bonds is 11. The highest BCUT2D eigenvalue weighted by atomic mass is 32.2. The molecule has 4 aromatic carbocycles. The van der Waals surface area contributed by atoms with Gasteiger partial charge in [0, 0.05) is 27.4 Å². The van der Waals surface area contributed by atoms with E-state index in [1.54, 1.807) is 42.5 Å². The topological polar surface area (TPSA) is 96.5 Å². The molecule has 3 N–H and O–H groups in total. The van der Waals surface area contributed by atoms with Crippen LogP contribution in [0.3, 0.4) is 0 Å². The van der Waals surface area contributed by atoms with Crippen LogP contribution in [0.15, 0.2) is 108 Å². The molecular formula is C35H35N3O4S.